The lowest BCUT2D eigenvalue weighted by Gasteiger charge is -2.19. The summed E-state index contributed by atoms with van der Waals surface area (Å²) in [6.45, 7) is 1.98. The molecule has 146 valence electrons. The first-order valence-corrected chi connectivity index (χ1v) is 9.45. The summed E-state index contributed by atoms with van der Waals surface area (Å²) in [5.41, 5.74) is 1.64. The quantitative estimate of drug-likeness (QED) is 0.753. The van der Waals surface area contributed by atoms with Crippen LogP contribution in [0.5, 0.6) is 0 Å². The van der Waals surface area contributed by atoms with Gasteiger partial charge in [0.25, 0.3) is 5.91 Å². The third kappa shape index (κ3) is 4.70. The van der Waals surface area contributed by atoms with Crippen molar-refractivity contribution in [2.24, 2.45) is 0 Å². The number of hydrogen-bond donors (Lipinski definition) is 1. The molecular formula is C21H21ClN2O4. The van der Waals surface area contributed by atoms with Crippen molar-refractivity contribution < 1.29 is 19.1 Å². The maximum absolute atomic E-state index is 12.5. The van der Waals surface area contributed by atoms with Crippen LogP contribution in [0, 0.1) is 0 Å². The fraction of sp³-hybridized carbons (Fsp3) is 0.286. The van der Waals surface area contributed by atoms with E-state index < -0.39 is 18.5 Å². The van der Waals surface area contributed by atoms with Gasteiger partial charge in [0.05, 0.1) is 17.3 Å². The summed E-state index contributed by atoms with van der Waals surface area (Å²) < 4.78 is 5.17. The predicted octanol–water partition coefficient (Wildman–Crippen LogP) is 3.50. The van der Waals surface area contributed by atoms with Crippen molar-refractivity contribution in [1.29, 1.82) is 0 Å². The molecule has 3 rings (SSSR count). The summed E-state index contributed by atoms with van der Waals surface area (Å²) in [5, 5.41) is 3.35. The molecule has 1 N–H and O–H groups in total. The van der Waals surface area contributed by atoms with Gasteiger partial charge in [-0.05, 0) is 43.2 Å². The van der Waals surface area contributed by atoms with Crippen LogP contribution in [0.25, 0.3) is 0 Å². The van der Waals surface area contributed by atoms with Crippen LogP contribution in [0.1, 0.15) is 41.7 Å². The number of nitrogens with zero attached hydrogens (tertiary/aromatic N) is 1. The molecule has 1 heterocycles. The van der Waals surface area contributed by atoms with E-state index in [1.807, 2.05) is 13.0 Å². The first kappa shape index (κ1) is 19.9. The summed E-state index contributed by atoms with van der Waals surface area (Å²) >= 11 is 5.96. The second kappa shape index (κ2) is 8.89. The maximum atomic E-state index is 12.5. The first-order chi connectivity index (χ1) is 13.5. The summed E-state index contributed by atoms with van der Waals surface area (Å²) in [5.74, 6) is -1.08. The molecule has 2 aromatic rings. The van der Waals surface area contributed by atoms with Crippen LogP contribution >= 0.6 is 11.6 Å². The number of para-hydroxylation sites is 1. The number of rotatable bonds is 6. The van der Waals surface area contributed by atoms with Gasteiger partial charge in [0.15, 0.2) is 6.61 Å². The van der Waals surface area contributed by atoms with Gasteiger partial charge in [0, 0.05) is 18.0 Å². The molecule has 1 atom stereocenters. The van der Waals surface area contributed by atoms with Gasteiger partial charge in [-0.25, -0.2) is 4.79 Å². The van der Waals surface area contributed by atoms with E-state index in [0.29, 0.717) is 23.7 Å². The minimum atomic E-state index is -0.638. The number of ether oxygens (including phenoxy) is 1. The van der Waals surface area contributed by atoms with Crippen LogP contribution in [0.3, 0.4) is 0 Å². The SMILES string of the molecule is C[C@@H](NC(=O)COC(=O)c1ccccc1N1CCCC1=O)c1cccc(Cl)c1. The fourth-order valence-electron chi connectivity index (χ4n) is 3.14. The Bertz CT molecular complexity index is 899. The highest BCUT2D eigenvalue weighted by molar-refractivity contribution is 6.30. The van der Waals surface area contributed by atoms with Gasteiger partial charge in [0.2, 0.25) is 5.91 Å². The van der Waals surface area contributed by atoms with Gasteiger partial charge in [0.1, 0.15) is 0 Å². The van der Waals surface area contributed by atoms with Gasteiger partial charge >= 0.3 is 5.97 Å². The molecule has 1 aliphatic rings. The molecule has 0 unspecified atom stereocenters. The molecule has 1 saturated heterocycles. The van der Waals surface area contributed by atoms with E-state index in [9.17, 15) is 14.4 Å². The first-order valence-electron chi connectivity index (χ1n) is 9.07. The third-order valence-corrected chi connectivity index (χ3v) is 4.78. The van der Waals surface area contributed by atoms with Crippen molar-refractivity contribution >= 4 is 35.1 Å². The Labute approximate surface area is 168 Å². The van der Waals surface area contributed by atoms with E-state index in [0.717, 1.165) is 12.0 Å². The maximum Gasteiger partial charge on any atom is 0.340 e. The standard InChI is InChI=1S/C21H21ClN2O4/c1-14(15-6-4-7-16(22)12-15)23-19(25)13-28-21(27)17-8-2-3-9-18(17)24-11-5-10-20(24)26/h2-4,6-9,12,14H,5,10-11,13H2,1H3,(H,23,25)/t14-/m1/s1. The largest absolute Gasteiger partial charge is 0.452 e. The van der Waals surface area contributed by atoms with Crippen molar-refractivity contribution in [3.8, 4) is 0 Å². The van der Waals surface area contributed by atoms with Gasteiger partial charge < -0.3 is 15.0 Å². The van der Waals surface area contributed by atoms with Gasteiger partial charge in [-0.2, -0.15) is 0 Å². The van der Waals surface area contributed by atoms with Gasteiger partial charge in [-0.15, -0.1) is 0 Å². The van der Waals surface area contributed by atoms with Gasteiger partial charge in [-0.3, -0.25) is 9.59 Å². The van der Waals surface area contributed by atoms with E-state index >= 15 is 0 Å². The normalized spacial score (nSPS) is 14.6. The van der Waals surface area contributed by atoms with Crippen LogP contribution in [-0.2, 0) is 14.3 Å². The number of amides is 2. The zero-order valence-electron chi connectivity index (χ0n) is 15.5. The van der Waals surface area contributed by atoms with E-state index in [4.69, 9.17) is 16.3 Å². The molecule has 0 aliphatic carbocycles. The number of carbonyl (C=O) groups is 3. The minimum absolute atomic E-state index is 0.0201. The van der Waals surface area contributed by atoms with Crippen molar-refractivity contribution in [2.75, 3.05) is 18.1 Å². The van der Waals surface area contributed by atoms with Crippen LogP contribution in [0.4, 0.5) is 5.69 Å². The van der Waals surface area contributed by atoms with Crippen molar-refractivity contribution in [2.45, 2.75) is 25.8 Å². The van der Waals surface area contributed by atoms with Crippen LogP contribution < -0.4 is 10.2 Å². The number of esters is 1. The Morgan fingerprint density at radius 2 is 2.00 bits per heavy atom. The summed E-state index contributed by atoms with van der Waals surface area (Å²) in [4.78, 5) is 38.2. The van der Waals surface area contributed by atoms with E-state index in [2.05, 4.69) is 5.32 Å². The van der Waals surface area contributed by atoms with Crippen LogP contribution in [-0.4, -0.2) is 30.9 Å². The van der Waals surface area contributed by atoms with Crippen LogP contribution in [0.15, 0.2) is 48.5 Å². The molecule has 0 bridgehead atoms. The zero-order valence-corrected chi connectivity index (χ0v) is 16.2. The fourth-order valence-corrected chi connectivity index (χ4v) is 3.33. The molecule has 28 heavy (non-hydrogen) atoms. The molecule has 2 aromatic carbocycles. The number of benzene rings is 2. The third-order valence-electron chi connectivity index (χ3n) is 4.55. The lowest BCUT2D eigenvalue weighted by Crippen LogP contribution is -2.31. The molecule has 7 heteroatoms. The molecule has 0 saturated carbocycles. The molecule has 0 radical (unpaired) electrons. The Morgan fingerprint density at radius 1 is 1.21 bits per heavy atom. The van der Waals surface area contributed by atoms with Gasteiger partial charge in [-0.1, -0.05) is 35.9 Å². The summed E-state index contributed by atoms with van der Waals surface area (Å²) in [6.07, 6.45) is 1.22. The molecule has 1 fully saturated rings. The number of halogens is 1. The van der Waals surface area contributed by atoms with E-state index in [1.165, 1.54) is 0 Å². The Hall–Kier alpha value is -2.86. The summed E-state index contributed by atoms with van der Waals surface area (Å²) in [6, 6.07) is 13.7. The van der Waals surface area contributed by atoms with Crippen molar-refractivity contribution in [3.05, 3.63) is 64.7 Å². The smallest absolute Gasteiger partial charge is 0.340 e. The van der Waals surface area contributed by atoms with Crippen molar-refractivity contribution in [3.63, 3.8) is 0 Å². The Balaban J connectivity index is 1.60. The second-order valence-corrected chi connectivity index (χ2v) is 7.02. The molecule has 0 spiro atoms. The minimum Gasteiger partial charge on any atom is -0.452 e. The number of nitrogens with one attached hydrogen (secondary N) is 1. The number of hydrogen-bond acceptors (Lipinski definition) is 4. The molecular weight excluding hydrogens is 380 g/mol. The lowest BCUT2D eigenvalue weighted by molar-refractivity contribution is -0.125. The zero-order chi connectivity index (χ0) is 20.1. The Morgan fingerprint density at radius 3 is 2.71 bits per heavy atom. The Kier molecular flexibility index (Phi) is 6.31. The van der Waals surface area contributed by atoms with Crippen LogP contribution in [0.2, 0.25) is 5.02 Å². The molecule has 2 amide bonds. The highest BCUT2D eigenvalue weighted by Gasteiger charge is 2.26. The highest BCUT2D eigenvalue weighted by atomic mass is 35.5. The average molecular weight is 401 g/mol. The molecule has 1 aliphatic heterocycles. The molecule has 6 nitrogen and oxygen atoms in total. The predicted molar refractivity (Wildman–Crippen MR) is 106 cm³/mol. The lowest BCUT2D eigenvalue weighted by atomic mass is 10.1. The monoisotopic (exact) mass is 400 g/mol. The second-order valence-electron chi connectivity index (χ2n) is 6.59. The average Bonchev–Trinajstić information content (AvgIpc) is 3.12. The number of carbonyl (C=O) groups excluding carboxylic acids is 3. The highest BCUT2D eigenvalue weighted by Crippen LogP contribution is 2.26. The van der Waals surface area contributed by atoms with E-state index in [-0.39, 0.29) is 17.5 Å². The number of anilines is 1. The van der Waals surface area contributed by atoms with E-state index in [1.54, 1.807) is 47.4 Å². The van der Waals surface area contributed by atoms with Crippen molar-refractivity contribution in [1.82, 2.24) is 5.32 Å². The molecule has 0 aromatic heterocycles. The topological polar surface area (TPSA) is 75.7 Å². The summed E-state index contributed by atoms with van der Waals surface area (Å²) in [7, 11) is 0.